The topological polar surface area (TPSA) is 162 Å². The fourth-order valence-electron chi connectivity index (χ4n) is 8.46. The molecule has 1 spiro atoms. The highest BCUT2D eigenvalue weighted by Crippen LogP contribution is 2.72. The molecule has 0 aromatic rings. The number of ether oxygens (including phenoxy) is 3. The van der Waals surface area contributed by atoms with Crippen LogP contribution in [-0.2, 0) is 33.4 Å². The van der Waals surface area contributed by atoms with Crippen LogP contribution in [0.3, 0.4) is 0 Å². The molecular weight excluding hydrogens is 563 g/mol. The number of hydrogen-bond donors (Lipinski definition) is 3. The van der Waals surface area contributed by atoms with Gasteiger partial charge in [-0.25, -0.2) is 4.79 Å². The molecule has 0 saturated heterocycles. The van der Waals surface area contributed by atoms with E-state index in [1.165, 1.54) is 6.92 Å². The number of fused-ring (bicyclic) bond motifs is 3. The van der Waals surface area contributed by atoms with Crippen molar-refractivity contribution in [2.24, 2.45) is 39.7 Å². The Morgan fingerprint density at radius 2 is 1.79 bits per heavy atom. The number of esters is 2. The van der Waals surface area contributed by atoms with Crippen LogP contribution in [0.1, 0.15) is 66.2 Å². The second kappa shape index (κ2) is 11.9. The van der Waals surface area contributed by atoms with E-state index in [1.54, 1.807) is 14.0 Å². The minimum atomic E-state index is -5.08. The summed E-state index contributed by atoms with van der Waals surface area (Å²) >= 11 is 0. The molecule has 0 aromatic carbocycles. The molecule has 9 atom stereocenters. The largest absolute Gasteiger partial charge is 0.490 e. The molecule has 4 aliphatic rings. The number of aliphatic carboxylic acids is 1. The van der Waals surface area contributed by atoms with Gasteiger partial charge in [-0.3, -0.25) is 14.4 Å². The summed E-state index contributed by atoms with van der Waals surface area (Å²) in [4.78, 5) is 48.0. The van der Waals surface area contributed by atoms with E-state index in [0.717, 1.165) is 12.8 Å². The number of carboxylic acids is 1. The van der Waals surface area contributed by atoms with Crippen molar-refractivity contribution in [3.8, 4) is 0 Å². The maximum absolute atomic E-state index is 14.2. The molecule has 0 radical (unpaired) electrons. The molecule has 10 nitrogen and oxygen atoms in total. The lowest BCUT2D eigenvalue weighted by molar-refractivity contribution is -0.272. The highest BCUT2D eigenvalue weighted by atomic mass is 19.4. The summed E-state index contributed by atoms with van der Waals surface area (Å²) in [7, 11) is 1.58. The molecule has 4 rings (SSSR count). The van der Waals surface area contributed by atoms with Gasteiger partial charge < -0.3 is 30.2 Å². The molecule has 13 heteroatoms. The first kappa shape index (κ1) is 34.0. The standard InChI is InChI=1S/C27H41NO7.C2HF3O2/c1-7-17(28)24(32)35-23-16-11-18(30)21-26(13-34-15(3)29)10-8-9-25(4,5)19(26)12-20(33-6)27(21,23)22(31)14(16)2;3-2(4,5)1(6)7/h16-21,23,30H,2,7-13,28H2,1,3-6H3;(H,6,7)/t16-,17-,18-,19+,20+,21-,23+,26-,27+;/m0./s1. The number of nitrogens with two attached hydrogens (primary N) is 1. The Morgan fingerprint density at radius 3 is 2.29 bits per heavy atom. The molecule has 4 N–H and O–H groups in total. The number of ketones is 1. The maximum Gasteiger partial charge on any atom is 0.490 e. The molecule has 0 amide bonds. The normalized spacial score (nSPS) is 37.4. The summed E-state index contributed by atoms with van der Waals surface area (Å²) in [6.07, 6.45) is -3.59. The molecule has 0 aliphatic heterocycles. The molecule has 4 aliphatic carbocycles. The molecule has 0 aromatic heterocycles. The zero-order valence-electron chi connectivity index (χ0n) is 24.7. The fourth-order valence-corrected chi connectivity index (χ4v) is 8.46. The van der Waals surface area contributed by atoms with Crippen molar-refractivity contribution in [3.05, 3.63) is 12.2 Å². The first-order chi connectivity index (χ1) is 19.3. The first-order valence-corrected chi connectivity index (χ1v) is 14.2. The van der Waals surface area contributed by atoms with Gasteiger partial charge in [0.25, 0.3) is 0 Å². The Bertz CT molecular complexity index is 1110. The number of alkyl halides is 3. The molecule has 42 heavy (non-hydrogen) atoms. The lowest BCUT2D eigenvalue weighted by Crippen LogP contribution is -2.72. The first-order valence-electron chi connectivity index (χ1n) is 14.2. The van der Waals surface area contributed by atoms with Gasteiger partial charge in [-0.15, -0.1) is 0 Å². The molecule has 0 heterocycles. The zero-order valence-corrected chi connectivity index (χ0v) is 24.7. The molecule has 4 fully saturated rings. The van der Waals surface area contributed by atoms with Gasteiger partial charge in [0.2, 0.25) is 0 Å². The second-order valence-corrected chi connectivity index (χ2v) is 12.7. The third kappa shape index (κ3) is 5.47. The summed E-state index contributed by atoms with van der Waals surface area (Å²) in [5, 5.41) is 18.8. The van der Waals surface area contributed by atoms with Crippen molar-refractivity contribution in [2.75, 3.05) is 13.7 Å². The summed E-state index contributed by atoms with van der Waals surface area (Å²) < 4.78 is 49.5. The van der Waals surface area contributed by atoms with Crippen LogP contribution in [0.2, 0.25) is 0 Å². The number of Topliss-reactive ketones (excluding diaryl/α,β-unsaturated/α-hetero) is 1. The van der Waals surface area contributed by atoms with Crippen molar-refractivity contribution < 1.29 is 56.8 Å². The SMILES string of the molecule is C=C1C(=O)[C@]23[C@H](OC(=O)[C@@H](N)CC)[C@H]1C[C@H](O)[C@H]2[C@]1(COC(C)=O)CCCC(C)(C)[C@H]1C[C@H]3OC.O=C(O)C(F)(F)F. The number of halogens is 3. The van der Waals surface area contributed by atoms with Crippen LogP contribution in [0.25, 0.3) is 0 Å². The number of rotatable bonds is 6. The summed E-state index contributed by atoms with van der Waals surface area (Å²) in [5.41, 5.74) is 4.28. The van der Waals surface area contributed by atoms with Gasteiger partial charge >= 0.3 is 24.1 Å². The Balaban J connectivity index is 0.000000616. The molecular formula is C29H42F3NO9. The second-order valence-electron chi connectivity index (χ2n) is 12.7. The number of carbonyl (C=O) groups is 4. The van der Waals surface area contributed by atoms with Gasteiger partial charge in [-0.2, -0.15) is 13.2 Å². The average molecular weight is 606 g/mol. The highest BCUT2D eigenvalue weighted by molar-refractivity contribution is 6.05. The summed E-state index contributed by atoms with van der Waals surface area (Å²) in [5.74, 6) is -5.00. The summed E-state index contributed by atoms with van der Waals surface area (Å²) in [6.45, 7) is 11.8. The predicted octanol–water partition coefficient (Wildman–Crippen LogP) is 3.19. The number of aliphatic hydroxyl groups is 1. The van der Waals surface area contributed by atoms with E-state index in [-0.39, 0.29) is 30.1 Å². The van der Waals surface area contributed by atoms with E-state index in [0.29, 0.717) is 24.8 Å². The van der Waals surface area contributed by atoms with Gasteiger partial charge in [0, 0.05) is 31.3 Å². The van der Waals surface area contributed by atoms with Crippen LogP contribution in [0.15, 0.2) is 12.2 Å². The molecule has 0 unspecified atom stereocenters. The lowest BCUT2D eigenvalue weighted by Gasteiger charge is -2.67. The van der Waals surface area contributed by atoms with E-state index < -0.39 is 71.1 Å². The van der Waals surface area contributed by atoms with Crippen LogP contribution in [0.5, 0.6) is 0 Å². The number of carboxylic acid groups (broad SMARTS) is 1. The average Bonchev–Trinajstić information content (AvgIpc) is 3.02. The minimum absolute atomic E-state index is 0.0331. The van der Waals surface area contributed by atoms with E-state index in [1.807, 2.05) is 0 Å². The predicted molar refractivity (Wildman–Crippen MR) is 142 cm³/mol. The van der Waals surface area contributed by atoms with Crippen LogP contribution >= 0.6 is 0 Å². The van der Waals surface area contributed by atoms with Crippen molar-refractivity contribution in [3.63, 3.8) is 0 Å². The number of methoxy groups -OCH3 is 1. The van der Waals surface area contributed by atoms with Crippen molar-refractivity contribution in [1.82, 2.24) is 0 Å². The number of hydrogen-bond acceptors (Lipinski definition) is 9. The number of aliphatic hydroxyl groups excluding tert-OH is 1. The van der Waals surface area contributed by atoms with E-state index in [4.69, 9.17) is 29.8 Å². The van der Waals surface area contributed by atoms with Crippen LogP contribution < -0.4 is 5.73 Å². The van der Waals surface area contributed by atoms with Crippen molar-refractivity contribution in [1.29, 1.82) is 0 Å². The monoisotopic (exact) mass is 605 g/mol. The maximum atomic E-state index is 14.2. The minimum Gasteiger partial charge on any atom is -0.475 e. The third-order valence-electron chi connectivity index (χ3n) is 10.1. The van der Waals surface area contributed by atoms with E-state index in [2.05, 4.69) is 20.4 Å². The van der Waals surface area contributed by atoms with E-state index >= 15 is 0 Å². The molecule has 4 saturated carbocycles. The third-order valence-corrected chi connectivity index (χ3v) is 10.1. The Labute approximate surface area is 243 Å². The van der Waals surface area contributed by atoms with E-state index in [9.17, 15) is 32.7 Å². The van der Waals surface area contributed by atoms with Gasteiger partial charge in [0.05, 0.1) is 18.8 Å². The molecule has 2 bridgehead atoms. The quantitative estimate of drug-likeness (QED) is 0.303. The Morgan fingerprint density at radius 1 is 1.19 bits per heavy atom. The zero-order chi connectivity index (χ0) is 32.0. The Hall–Kier alpha value is -2.51. The van der Waals surface area contributed by atoms with Crippen LogP contribution in [0.4, 0.5) is 13.2 Å². The van der Waals surface area contributed by atoms with Gasteiger partial charge in [-0.05, 0) is 49.0 Å². The fraction of sp³-hybridized carbons (Fsp3) is 0.793. The number of carbonyl (C=O) groups excluding carboxylic acids is 3. The smallest absolute Gasteiger partial charge is 0.475 e. The van der Waals surface area contributed by atoms with Crippen molar-refractivity contribution >= 4 is 23.7 Å². The Kier molecular flexibility index (Phi) is 9.61. The van der Waals surface area contributed by atoms with Gasteiger partial charge in [0.15, 0.2) is 5.78 Å². The van der Waals surface area contributed by atoms with Crippen molar-refractivity contribution in [2.45, 2.75) is 96.7 Å². The van der Waals surface area contributed by atoms with Crippen LogP contribution in [-0.4, -0.2) is 78.2 Å². The van der Waals surface area contributed by atoms with Gasteiger partial charge in [0.1, 0.15) is 17.6 Å². The van der Waals surface area contributed by atoms with Gasteiger partial charge in [-0.1, -0.05) is 33.8 Å². The molecule has 238 valence electrons. The van der Waals surface area contributed by atoms with Crippen LogP contribution in [0, 0.1) is 34.0 Å². The lowest BCUT2D eigenvalue weighted by atomic mass is 9.39. The summed E-state index contributed by atoms with van der Waals surface area (Å²) in [6, 6.07) is -0.805. The highest BCUT2D eigenvalue weighted by Gasteiger charge is 2.78.